The third-order valence-corrected chi connectivity index (χ3v) is 4.08. The molecule has 0 aliphatic carbocycles. The Morgan fingerprint density at radius 2 is 2.08 bits per heavy atom. The molecule has 0 saturated heterocycles. The van der Waals surface area contributed by atoms with Gasteiger partial charge in [0.15, 0.2) is 11.5 Å². The topological polar surface area (TPSA) is 50.5 Å². The van der Waals surface area contributed by atoms with Gasteiger partial charge >= 0.3 is 0 Å². The lowest BCUT2D eigenvalue weighted by Gasteiger charge is -2.13. The van der Waals surface area contributed by atoms with Gasteiger partial charge in [-0.25, -0.2) is 0 Å². The van der Waals surface area contributed by atoms with Crippen molar-refractivity contribution in [2.75, 3.05) is 7.05 Å². The molecule has 0 unspecified atom stereocenters. The molecule has 0 fully saturated rings. The summed E-state index contributed by atoms with van der Waals surface area (Å²) in [5, 5.41) is 9.29. The first-order chi connectivity index (χ1) is 11.5. The van der Waals surface area contributed by atoms with Crippen LogP contribution in [0, 0.1) is 0 Å². The van der Waals surface area contributed by atoms with E-state index in [0.29, 0.717) is 28.0 Å². The van der Waals surface area contributed by atoms with Gasteiger partial charge < -0.3 is 4.90 Å². The normalized spacial score (nSPS) is 11.3. The van der Waals surface area contributed by atoms with Crippen LogP contribution in [-0.4, -0.2) is 32.5 Å². The van der Waals surface area contributed by atoms with Crippen molar-refractivity contribution in [3.8, 4) is 0 Å². The van der Waals surface area contributed by atoms with Crippen molar-refractivity contribution in [2.24, 2.45) is 0 Å². The predicted molar refractivity (Wildman–Crippen MR) is 95.0 cm³/mol. The summed E-state index contributed by atoms with van der Waals surface area (Å²) in [4.78, 5) is 13.8. The fraction of sp³-hybridized carbons (Fsp3) is 0.118. The van der Waals surface area contributed by atoms with Crippen LogP contribution in [0.2, 0.25) is 10.0 Å². The molecule has 1 aromatic carbocycles. The highest BCUT2D eigenvalue weighted by Crippen LogP contribution is 2.21. The van der Waals surface area contributed by atoms with Gasteiger partial charge in [0.1, 0.15) is 0 Å². The molecule has 0 aliphatic rings. The molecular formula is C17H14Cl2N4O. The van der Waals surface area contributed by atoms with Crippen molar-refractivity contribution in [1.82, 2.24) is 19.5 Å². The van der Waals surface area contributed by atoms with E-state index >= 15 is 0 Å². The van der Waals surface area contributed by atoms with Crippen LogP contribution in [-0.2, 0) is 11.3 Å². The maximum absolute atomic E-state index is 12.3. The Morgan fingerprint density at radius 1 is 1.25 bits per heavy atom. The van der Waals surface area contributed by atoms with Gasteiger partial charge in [-0.05, 0) is 42.0 Å². The molecule has 0 N–H and O–H groups in total. The minimum atomic E-state index is -0.168. The van der Waals surface area contributed by atoms with E-state index in [0.717, 1.165) is 5.65 Å². The summed E-state index contributed by atoms with van der Waals surface area (Å²) in [5.41, 5.74) is 1.44. The van der Waals surface area contributed by atoms with Crippen molar-refractivity contribution in [2.45, 2.75) is 6.54 Å². The number of carbonyl (C=O) groups is 1. The summed E-state index contributed by atoms with van der Waals surface area (Å²) < 4.78 is 1.85. The van der Waals surface area contributed by atoms with Gasteiger partial charge in [0, 0.05) is 29.4 Å². The molecular weight excluding hydrogens is 347 g/mol. The van der Waals surface area contributed by atoms with E-state index in [4.69, 9.17) is 23.2 Å². The zero-order valence-corrected chi connectivity index (χ0v) is 14.4. The Morgan fingerprint density at radius 3 is 2.92 bits per heavy atom. The largest absolute Gasteiger partial charge is 0.335 e. The number of amides is 1. The molecule has 122 valence electrons. The predicted octanol–water partition coefficient (Wildman–Crippen LogP) is 3.71. The van der Waals surface area contributed by atoms with Crippen LogP contribution < -0.4 is 0 Å². The SMILES string of the molecule is CN(Cc1nnc2ccccn12)C(=O)C=Cc1cc(Cl)ccc1Cl. The number of benzene rings is 1. The van der Waals surface area contributed by atoms with E-state index < -0.39 is 0 Å². The van der Waals surface area contributed by atoms with E-state index in [9.17, 15) is 4.79 Å². The lowest BCUT2D eigenvalue weighted by Crippen LogP contribution is -2.25. The van der Waals surface area contributed by atoms with Crippen molar-refractivity contribution >= 4 is 40.8 Å². The fourth-order valence-electron chi connectivity index (χ4n) is 2.22. The molecule has 0 atom stereocenters. The number of fused-ring (bicyclic) bond motifs is 1. The average molecular weight is 361 g/mol. The summed E-state index contributed by atoms with van der Waals surface area (Å²) >= 11 is 12.0. The third kappa shape index (κ3) is 3.58. The van der Waals surface area contributed by atoms with Crippen LogP contribution in [0.3, 0.4) is 0 Å². The molecule has 1 amide bonds. The van der Waals surface area contributed by atoms with Gasteiger partial charge in [0.25, 0.3) is 0 Å². The Bertz CT molecular complexity index is 920. The molecule has 3 rings (SSSR count). The van der Waals surface area contributed by atoms with Gasteiger partial charge in [-0.1, -0.05) is 29.3 Å². The smallest absolute Gasteiger partial charge is 0.246 e. The van der Waals surface area contributed by atoms with E-state index in [2.05, 4.69) is 10.2 Å². The molecule has 3 aromatic rings. The second-order valence-electron chi connectivity index (χ2n) is 5.24. The highest BCUT2D eigenvalue weighted by Gasteiger charge is 2.11. The second kappa shape index (κ2) is 7.03. The Labute approximate surface area is 149 Å². The molecule has 5 nitrogen and oxygen atoms in total. The Balaban J connectivity index is 1.73. The molecule has 0 aliphatic heterocycles. The summed E-state index contributed by atoms with van der Waals surface area (Å²) in [6.45, 7) is 0.345. The van der Waals surface area contributed by atoms with Crippen molar-refractivity contribution < 1.29 is 4.79 Å². The lowest BCUT2D eigenvalue weighted by molar-refractivity contribution is -0.125. The third-order valence-electron chi connectivity index (χ3n) is 3.50. The van der Waals surface area contributed by atoms with Gasteiger partial charge in [0.2, 0.25) is 5.91 Å². The van der Waals surface area contributed by atoms with Crippen LogP contribution in [0.1, 0.15) is 11.4 Å². The molecule has 0 saturated carbocycles. The van der Waals surface area contributed by atoms with E-state index in [-0.39, 0.29) is 5.91 Å². The quantitative estimate of drug-likeness (QED) is 0.666. The fourth-order valence-corrected chi connectivity index (χ4v) is 2.58. The number of halogens is 2. The van der Waals surface area contributed by atoms with Crippen LogP contribution in [0.15, 0.2) is 48.7 Å². The van der Waals surface area contributed by atoms with Crippen LogP contribution >= 0.6 is 23.2 Å². The molecule has 0 radical (unpaired) electrons. The highest BCUT2D eigenvalue weighted by atomic mass is 35.5. The number of rotatable bonds is 4. The first-order valence-electron chi connectivity index (χ1n) is 7.21. The highest BCUT2D eigenvalue weighted by molar-refractivity contribution is 6.34. The van der Waals surface area contributed by atoms with Gasteiger partial charge in [0.05, 0.1) is 6.54 Å². The number of pyridine rings is 1. The van der Waals surface area contributed by atoms with Gasteiger partial charge in [-0.2, -0.15) is 0 Å². The van der Waals surface area contributed by atoms with Gasteiger partial charge in [-0.15, -0.1) is 10.2 Å². The lowest BCUT2D eigenvalue weighted by atomic mass is 10.2. The van der Waals surface area contributed by atoms with Crippen molar-refractivity contribution in [3.05, 3.63) is 70.1 Å². The summed E-state index contributed by atoms with van der Waals surface area (Å²) in [6.07, 6.45) is 4.97. The molecule has 2 aromatic heterocycles. The summed E-state index contributed by atoms with van der Waals surface area (Å²) in [6, 6.07) is 10.7. The molecule has 24 heavy (non-hydrogen) atoms. The zero-order chi connectivity index (χ0) is 17.1. The Hall–Kier alpha value is -2.37. The number of nitrogens with zero attached hydrogens (tertiary/aromatic N) is 4. The van der Waals surface area contributed by atoms with E-state index in [1.807, 2.05) is 28.8 Å². The molecule has 0 spiro atoms. The van der Waals surface area contributed by atoms with Gasteiger partial charge in [-0.3, -0.25) is 9.20 Å². The standard InChI is InChI=1S/C17H14Cl2N4O/c1-22(11-16-21-20-15-4-2-3-9-23(15)16)17(24)8-5-12-10-13(18)6-7-14(12)19/h2-10H,11H2,1H3. The van der Waals surface area contributed by atoms with Crippen molar-refractivity contribution in [1.29, 1.82) is 0 Å². The first kappa shape index (κ1) is 16.5. The average Bonchev–Trinajstić information content (AvgIpc) is 2.98. The number of hydrogen-bond donors (Lipinski definition) is 0. The summed E-state index contributed by atoms with van der Waals surface area (Å²) in [7, 11) is 1.70. The van der Waals surface area contributed by atoms with E-state index in [1.165, 1.54) is 6.08 Å². The molecule has 2 heterocycles. The number of aromatic nitrogens is 3. The summed E-state index contributed by atoms with van der Waals surface area (Å²) in [5.74, 6) is 0.523. The van der Waals surface area contributed by atoms with E-state index in [1.54, 1.807) is 36.2 Å². The second-order valence-corrected chi connectivity index (χ2v) is 6.08. The molecule has 0 bridgehead atoms. The minimum absolute atomic E-state index is 0.168. The van der Waals surface area contributed by atoms with Crippen molar-refractivity contribution in [3.63, 3.8) is 0 Å². The maximum atomic E-state index is 12.3. The van der Waals surface area contributed by atoms with Crippen LogP contribution in [0.4, 0.5) is 0 Å². The monoisotopic (exact) mass is 360 g/mol. The first-order valence-corrected chi connectivity index (χ1v) is 7.97. The molecule has 7 heteroatoms. The number of hydrogen-bond acceptors (Lipinski definition) is 3. The van der Waals surface area contributed by atoms with Crippen LogP contribution in [0.5, 0.6) is 0 Å². The Kier molecular flexibility index (Phi) is 4.83. The minimum Gasteiger partial charge on any atom is -0.335 e. The number of carbonyl (C=O) groups excluding carboxylic acids is 1. The maximum Gasteiger partial charge on any atom is 0.246 e. The van der Waals surface area contributed by atoms with Crippen LogP contribution in [0.25, 0.3) is 11.7 Å². The number of likely N-dealkylation sites (N-methyl/N-ethyl adjacent to an activating group) is 1. The zero-order valence-electron chi connectivity index (χ0n) is 12.9.